The lowest BCUT2D eigenvalue weighted by molar-refractivity contribution is 0.475. The fourth-order valence-electron chi connectivity index (χ4n) is 1.43. The van der Waals surface area contributed by atoms with Crippen molar-refractivity contribution < 1.29 is 5.11 Å². The van der Waals surface area contributed by atoms with Crippen molar-refractivity contribution in [2.24, 2.45) is 4.99 Å². The highest BCUT2D eigenvalue weighted by Crippen LogP contribution is 2.10. The SMILES string of the molecule is CCNC(=NCc1ccc(O)cc1)NC(C)CC.I. The van der Waals surface area contributed by atoms with Crippen LogP contribution in [0.2, 0.25) is 0 Å². The van der Waals surface area contributed by atoms with E-state index in [9.17, 15) is 5.11 Å². The molecule has 108 valence electrons. The van der Waals surface area contributed by atoms with E-state index in [0.717, 1.165) is 24.5 Å². The van der Waals surface area contributed by atoms with Crippen molar-refractivity contribution >= 4 is 29.9 Å². The van der Waals surface area contributed by atoms with Gasteiger partial charge in [-0.2, -0.15) is 0 Å². The van der Waals surface area contributed by atoms with Crippen LogP contribution in [0.5, 0.6) is 5.75 Å². The molecule has 0 saturated heterocycles. The van der Waals surface area contributed by atoms with Gasteiger partial charge in [-0.3, -0.25) is 0 Å². The molecule has 1 aromatic carbocycles. The van der Waals surface area contributed by atoms with Crippen molar-refractivity contribution in [3.05, 3.63) is 29.8 Å². The van der Waals surface area contributed by atoms with Crippen LogP contribution in [-0.4, -0.2) is 23.7 Å². The van der Waals surface area contributed by atoms with Crippen molar-refractivity contribution in [3.8, 4) is 5.75 Å². The Morgan fingerprint density at radius 3 is 2.42 bits per heavy atom. The number of hydrogen-bond acceptors (Lipinski definition) is 2. The van der Waals surface area contributed by atoms with E-state index in [4.69, 9.17) is 0 Å². The first-order chi connectivity index (χ1) is 8.65. The van der Waals surface area contributed by atoms with Gasteiger partial charge in [-0.1, -0.05) is 19.1 Å². The van der Waals surface area contributed by atoms with Crippen molar-refractivity contribution in [2.45, 2.75) is 39.8 Å². The molecule has 0 saturated carbocycles. The Hall–Kier alpha value is -0.980. The van der Waals surface area contributed by atoms with Gasteiger partial charge in [0.15, 0.2) is 5.96 Å². The molecule has 0 bridgehead atoms. The number of nitrogens with zero attached hydrogens (tertiary/aromatic N) is 1. The summed E-state index contributed by atoms with van der Waals surface area (Å²) in [7, 11) is 0. The molecule has 4 nitrogen and oxygen atoms in total. The van der Waals surface area contributed by atoms with Gasteiger partial charge in [-0.25, -0.2) is 4.99 Å². The average molecular weight is 377 g/mol. The maximum Gasteiger partial charge on any atom is 0.191 e. The van der Waals surface area contributed by atoms with Crippen LogP contribution in [0, 0.1) is 0 Å². The summed E-state index contributed by atoms with van der Waals surface area (Å²) in [5, 5.41) is 15.8. The lowest BCUT2D eigenvalue weighted by atomic mass is 10.2. The van der Waals surface area contributed by atoms with Crippen molar-refractivity contribution in [2.75, 3.05) is 6.54 Å². The zero-order valence-corrected chi connectivity index (χ0v) is 14.1. The first-order valence-electron chi connectivity index (χ1n) is 6.48. The van der Waals surface area contributed by atoms with Crippen LogP contribution in [0.1, 0.15) is 32.8 Å². The molecule has 5 heteroatoms. The van der Waals surface area contributed by atoms with Gasteiger partial charge in [0.1, 0.15) is 5.75 Å². The first-order valence-corrected chi connectivity index (χ1v) is 6.48. The number of hydrogen-bond donors (Lipinski definition) is 3. The van der Waals surface area contributed by atoms with E-state index in [0.29, 0.717) is 12.6 Å². The van der Waals surface area contributed by atoms with E-state index in [2.05, 4.69) is 29.5 Å². The topological polar surface area (TPSA) is 56.7 Å². The fraction of sp³-hybridized carbons (Fsp3) is 0.500. The average Bonchev–Trinajstić information content (AvgIpc) is 2.38. The summed E-state index contributed by atoms with van der Waals surface area (Å²) in [6.45, 7) is 7.77. The second-order valence-corrected chi connectivity index (χ2v) is 4.32. The maximum absolute atomic E-state index is 9.21. The maximum atomic E-state index is 9.21. The van der Waals surface area contributed by atoms with Gasteiger partial charge >= 0.3 is 0 Å². The number of nitrogens with one attached hydrogen (secondary N) is 2. The molecule has 1 unspecified atom stereocenters. The number of aliphatic imine (C=N–C) groups is 1. The Morgan fingerprint density at radius 2 is 1.89 bits per heavy atom. The molecule has 0 aliphatic heterocycles. The standard InChI is InChI=1S/C14H23N3O.HI/c1-4-11(3)17-14(15-5-2)16-10-12-6-8-13(18)9-7-12;/h6-9,11,18H,4-5,10H2,1-3H3,(H2,15,16,17);1H. The summed E-state index contributed by atoms with van der Waals surface area (Å²) in [5.41, 5.74) is 1.08. The van der Waals surface area contributed by atoms with Crippen LogP contribution < -0.4 is 10.6 Å². The third kappa shape index (κ3) is 7.25. The summed E-state index contributed by atoms with van der Waals surface area (Å²) in [6, 6.07) is 7.53. The highest BCUT2D eigenvalue weighted by atomic mass is 127. The minimum Gasteiger partial charge on any atom is -0.508 e. The lowest BCUT2D eigenvalue weighted by Crippen LogP contribution is -2.41. The minimum absolute atomic E-state index is 0. The molecule has 0 spiro atoms. The Kier molecular flexibility index (Phi) is 9.38. The molecule has 0 aromatic heterocycles. The number of rotatable bonds is 5. The molecular formula is C14H24IN3O. The van der Waals surface area contributed by atoms with Crippen LogP contribution >= 0.6 is 24.0 Å². The van der Waals surface area contributed by atoms with E-state index in [1.807, 2.05) is 19.1 Å². The highest BCUT2D eigenvalue weighted by molar-refractivity contribution is 14.0. The molecule has 0 aliphatic rings. The third-order valence-corrected chi connectivity index (χ3v) is 2.70. The Bertz CT molecular complexity index is 379. The minimum atomic E-state index is 0. The summed E-state index contributed by atoms with van der Waals surface area (Å²) < 4.78 is 0. The van der Waals surface area contributed by atoms with Crippen LogP contribution in [0.15, 0.2) is 29.3 Å². The molecule has 0 heterocycles. The van der Waals surface area contributed by atoms with E-state index in [1.165, 1.54) is 0 Å². The largest absolute Gasteiger partial charge is 0.508 e. The number of aromatic hydroxyl groups is 1. The van der Waals surface area contributed by atoms with Gasteiger partial charge in [0.2, 0.25) is 0 Å². The molecule has 3 N–H and O–H groups in total. The number of guanidine groups is 1. The number of phenolic OH excluding ortho intramolecular Hbond substituents is 1. The molecule has 1 rings (SSSR count). The van der Waals surface area contributed by atoms with E-state index < -0.39 is 0 Å². The van der Waals surface area contributed by atoms with Gasteiger partial charge in [-0.15, -0.1) is 24.0 Å². The van der Waals surface area contributed by atoms with Gasteiger partial charge in [0.05, 0.1) is 6.54 Å². The van der Waals surface area contributed by atoms with Crippen LogP contribution in [0.3, 0.4) is 0 Å². The Labute approximate surface area is 132 Å². The smallest absolute Gasteiger partial charge is 0.191 e. The summed E-state index contributed by atoms with van der Waals surface area (Å²) >= 11 is 0. The molecule has 1 atom stereocenters. The molecule has 0 fully saturated rings. The normalized spacial score (nSPS) is 12.5. The molecule has 1 aromatic rings. The summed E-state index contributed by atoms with van der Waals surface area (Å²) in [5.74, 6) is 1.12. The molecule has 19 heavy (non-hydrogen) atoms. The summed E-state index contributed by atoms with van der Waals surface area (Å²) in [6.07, 6.45) is 1.06. The van der Waals surface area contributed by atoms with Crippen LogP contribution in [0.4, 0.5) is 0 Å². The van der Waals surface area contributed by atoms with Crippen molar-refractivity contribution in [1.82, 2.24) is 10.6 Å². The predicted molar refractivity (Wildman–Crippen MR) is 91.2 cm³/mol. The van der Waals surface area contributed by atoms with Gasteiger partial charge in [0, 0.05) is 12.6 Å². The van der Waals surface area contributed by atoms with Gasteiger partial charge in [0.25, 0.3) is 0 Å². The molecule has 0 amide bonds. The van der Waals surface area contributed by atoms with Gasteiger partial charge < -0.3 is 15.7 Å². The number of halogens is 1. The highest BCUT2D eigenvalue weighted by Gasteiger charge is 2.02. The predicted octanol–water partition coefficient (Wildman–Crippen LogP) is 2.86. The monoisotopic (exact) mass is 377 g/mol. The van der Waals surface area contributed by atoms with Crippen molar-refractivity contribution in [1.29, 1.82) is 0 Å². The second-order valence-electron chi connectivity index (χ2n) is 4.32. The van der Waals surface area contributed by atoms with Crippen LogP contribution in [0.25, 0.3) is 0 Å². The van der Waals surface area contributed by atoms with Crippen LogP contribution in [-0.2, 0) is 6.54 Å². The third-order valence-electron chi connectivity index (χ3n) is 2.70. The zero-order valence-electron chi connectivity index (χ0n) is 11.8. The fourth-order valence-corrected chi connectivity index (χ4v) is 1.43. The summed E-state index contributed by atoms with van der Waals surface area (Å²) in [4.78, 5) is 4.51. The lowest BCUT2D eigenvalue weighted by Gasteiger charge is -2.16. The van der Waals surface area contributed by atoms with E-state index in [-0.39, 0.29) is 29.7 Å². The number of benzene rings is 1. The Morgan fingerprint density at radius 1 is 1.26 bits per heavy atom. The van der Waals surface area contributed by atoms with Crippen molar-refractivity contribution in [3.63, 3.8) is 0 Å². The zero-order chi connectivity index (χ0) is 13.4. The molecule has 0 radical (unpaired) electrons. The molecular weight excluding hydrogens is 353 g/mol. The van der Waals surface area contributed by atoms with E-state index >= 15 is 0 Å². The number of phenols is 1. The molecule has 0 aliphatic carbocycles. The van der Waals surface area contributed by atoms with Gasteiger partial charge in [-0.05, 0) is 38.0 Å². The quantitative estimate of drug-likeness (QED) is 0.420. The van der Waals surface area contributed by atoms with E-state index in [1.54, 1.807) is 12.1 Å². The second kappa shape index (κ2) is 9.89. The first kappa shape index (κ1) is 18.0. The Balaban J connectivity index is 0.00000324.